The van der Waals surface area contributed by atoms with Crippen molar-refractivity contribution in [1.29, 1.82) is 0 Å². The third-order valence-electron chi connectivity index (χ3n) is 4.88. The minimum absolute atomic E-state index is 0.0366. The molecule has 0 unspecified atom stereocenters. The van der Waals surface area contributed by atoms with Crippen molar-refractivity contribution < 1.29 is 29.3 Å². The van der Waals surface area contributed by atoms with Gasteiger partial charge in [-0.05, 0) is 35.8 Å². The van der Waals surface area contributed by atoms with Crippen LogP contribution in [0.1, 0.15) is 22.3 Å². The molecule has 7 heteroatoms. The number of aliphatic hydroxyl groups excluding tert-OH is 1. The molecule has 2 N–H and O–H groups in total. The van der Waals surface area contributed by atoms with Crippen molar-refractivity contribution in [3.05, 3.63) is 58.0 Å². The maximum absolute atomic E-state index is 11.9. The van der Waals surface area contributed by atoms with Gasteiger partial charge < -0.3 is 24.6 Å². The van der Waals surface area contributed by atoms with Gasteiger partial charge in [-0.3, -0.25) is 4.79 Å². The van der Waals surface area contributed by atoms with E-state index in [1.807, 2.05) is 11.9 Å². The molecule has 1 heterocycles. The summed E-state index contributed by atoms with van der Waals surface area (Å²) in [5.41, 5.74) is 3.03. The summed E-state index contributed by atoms with van der Waals surface area (Å²) in [6.07, 6.45) is 3.90. The number of rotatable bonds is 5. The lowest BCUT2D eigenvalue weighted by atomic mass is 9.87. The first-order valence-corrected chi connectivity index (χ1v) is 8.44. The number of allylic oxidation sites excluding steroid dienone is 4. The van der Waals surface area contributed by atoms with Crippen molar-refractivity contribution in [3.8, 4) is 11.5 Å². The monoisotopic (exact) mass is 371 g/mol. The van der Waals surface area contributed by atoms with Gasteiger partial charge in [0.25, 0.3) is 0 Å². The average Bonchev–Trinajstić information content (AvgIpc) is 2.64. The molecule has 0 radical (unpaired) electrons. The van der Waals surface area contributed by atoms with E-state index in [1.54, 1.807) is 12.1 Å². The van der Waals surface area contributed by atoms with Gasteiger partial charge in [0.2, 0.25) is 5.78 Å². The molecule has 0 bridgehead atoms. The molecule has 142 valence electrons. The van der Waals surface area contributed by atoms with E-state index in [0.717, 1.165) is 16.8 Å². The molecule has 0 fully saturated rings. The molecule has 2 aliphatic rings. The fourth-order valence-corrected chi connectivity index (χ4v) is 3.47. The van der Waals surface area contributed by atoms with E-state index in [0.29, 0.717) is 30.7 Å². The lowest BCUT2D eigenvalue weighted by molar-refractivity contribution is -0.113. The van der Waals surface area contributed by atoms with Crippen LogP contribution < -0.4 is 9.47 Å². The smallest absolute Gasteiger partial charge is 0.339 e. The number of benzene rings is 1. The van der Waals surface area contributed by atoms with E-state index >= 15 is 0 Å². The standard InChI is InChI=1S/C20H21NO6/c1-21-7-6-11-9-15(22)16(23)10-13(11)14(21)8-12-4-5-17(26-2)19(27-3)18(12)20(24)25/h4-5,9-10,23H,6-8H2,1-3H3,(H,24,25). The van der Waals surface area contributed by atoms with Crippen LogP contribution in [0.25, 0.3) is 0 Å². The Kier molecular flexibility index (Phi) is 4.94. The second-order valence-corrected chi connectivity index (χ2v) is 6.41. The van der Waals surface area contributed by atoms with Crippen molar-refractivity contribution in [2.45, 2.75) is 12.8 Å². The van der Waals surface area contributed by atoms with Gasteiger partial charge in [0.05, 0.1) is 14.2 Å². The first-order chi connectivity index (χ1) is 12.9. The average molecular weight is 371 g/mol. The van der Waals surface area contributed by atoms with Crippen LogP contribution in [0.2, 0.25) is 0 Å². The highest BCUT2D eigenvalue weighted by molar-refractivity contribution is 6.05. The maximum Gasteiger partial charge on any atom is 0.339 e. The molecule has 1 aliphatic carbocycles. The quantitative estimate of drug-likeness (QED) is 0.821. The van der Waals surface area contributed by atoms with Gasteiger partial charge in [0.15, 0.2) is 17.3 Å². The number of carbonyl (C=O) groups is 2. The Bertz CT molecular complexity index is 909. The lowest BCUT2D eigenvalue weighted by Crippen LogP contribution is -2.29. The van der Waals surface area contributed by atoms with Crippen LogP contribution >= 0.6 is 0 Å². The second kappa shape index (κ2) is 7.19. The number of nitrogens with zero attached hydrogens (tertiary/aromatic N) is 1. The summed E-state index contributed by atoms with van der Waals surface area (Å²) in [7, 11) is 4.76. The number of aliphatic hydroxyl groups is 1. The third-order valence-corrected chi connectivity index (χ3v) is 4.88. The zero-order chi connectivity index (χ0) is 19.7. The van der Waals surface area contributed by atoms with Crippen LogP contribution in [0.5, 0.6) is 11.5 Å². The number of ketones is 1. The number of fused-ring (bicyclic) bond motifs is 1. The van der Waals surface area contributed by atoms with Crippen molar-refractivity contribution in [2.24, 2.45) is 0 Å². The first-order valence-electron chi connectivity index (χ1n) is 8.44. The molecule has 0 spiro atoms. The van der Waals surface area contributed by atoms with Gasteiger partial charge in [-0.2, -0.15) is 0 Å². The molecule has 3 rings (SSSR count). The Morgan fingerprint density at radius 2 is 1.96 bits per heavy atom. The van der Waals surface area contributed by atoms with Crippen LogP contribution in [0, 0.1) is 0 Å². The number of aromatic carboxylic acids is 1. The summed E-state index contributed by atoms with van der Waals surface area (Å²) in [6.45, 7) is 0.697. The molecule has 0 saturated heterocycles. The van der Waals surface area contributed by atoms with E-state index in [-0.39, 0.29) is 17.1 Å². The molecule has 0 saturated carbocycles. The summed E-state index contributed by atoms with van der Waals surface area (Å²) in [5, 5.41) is 19.6. The van der Waals surface area contributed by atoms with Crippen molar-refractivity contribution in [3.63, 3.8) is 0 Å². The van der Waals surface area contributed by atoms with Crippen LogP contribution in [-0.4, -0.2) is 54.7 Å². The predicted molar refractivity (Wildman–Crippen MR) is 98.3 cm³/mol. The highest BCUT2D eigenvalue weighted by atomic mass is 16.5. The van der Waals surface area contributed by atoms with Crippen LogP contribution in [0.15, 0.2) is 46.9 Å². The second-order valence-electron chi connectivity index (χ2n) is 6.41. The number of carbonyl (C=O) groups excluding carboxylic acids is 1. The lowest BCUT2D eigenvalue weighted by Gasteiger charge is -2.33. The molecular formula is C20H21NO6. The molecule has 1 aliphatic heterocycles. The number of hydrogen-bond donors (Lipinski definition) is 2. The largest absolute Gasteiger partial charge is 0.504 e. The Hall–Kier alpha value is -3.22. The highest BCUT2D eigenvalue weighted by Crippen LogP contribution is 2.37. The number of likely N-dealkylation sites (N-methyl/N-ethyl adjacent to an activating group) is 1. The van der Waals surface area contributed by atoms with Gasteiger partial charge in [-0.15, -0.1) is 0 Å². The Balaban J connectivity index is 2.14. The summed E-state index contributed by atoms with van der Waals surface area (Å²) < 4.78 is 10.5. The van der Waals surface area contributed by atoms with E-state index in [4.69, 9.17) is 9.47 Å². The number of carboxylic acid groups (broad SMARTS) is 1. The highest BCUT2D eigenvalue weighted by Gasteiger charge is 2.28. The van der Waals surface area contributed by atoms with Crippen molar-refractivity contribution >= 4 is 11.8 Å². The number of carboxylic acids is 1. The first kappa shape index (κ1) is 18.6. The molecule has 0 aromatic heterocycles. The predicted octanol–water partition coefficient (Wildman–Crippen LogP) is 2.49. The number of methoxy groups -OCH3 is 2. The van der Waals surface area contributed by atoms with E-state index in [2.05, 4.69) is 0 Å². The Labute approximate surface area is 156 Å². The molecule has 7 nitrogen and oxygen atoms in total. The fraction of sp³-hybridized carbons (Fsp3) is 0.300. The van der Waals surface area contributed by atoms with Crippen LogP contribution in [-0.2, 0) is 11.2 Å². The van der Waals surface area contributed by atoms with Crippen LogP contribution in [0.3, 0.4) is 0 Å². The van der Waals surface area contributed by atoms with E-state index in [1.165, 1.54) is 26.4 Å². The zero-order valence-electron chi connectivity index (χ0n) is 15.4. The topological polar surface area (TPSA) is 96.3 Å². The summed E-state index contributed by atoms with van der Waals surface area (Å²) in [5.74, 6) is -1.32. The van der Waals surface area contributed by atoms with Gasteiger partial charge in [-0.1, -0.05) is 6.07 Å². The normalized spacial score (nSPS) is 16.6. The molecular weight excluding hydrogens is 350 g/mol. The van der Waals surface area contributed by atoms with Gasteiger partial charge in [0, 0.05) is 31.3 Å². The van der Waals surface area contributed by atoms with Crippen molar-refractivity contribution in [2.75, 3.05) is 27.8 Å². The zero-order valence-corrected chi connectivity index (χ0v) is 15.4. The minimum atomic E-state index is -1.11. The molecule has 0 atom stereocenters. The van der Waals surface area contributed by atoms with Gasteiger partial charge >= 0.3 is 5.97 Å². The fourth-order valence-electron chi connectivity index (χ4n) is 3.47. The molecule has 0 amide bonds. The number of ether oxygens (including phenoxy) is 2. The SMILES string of the molecule is COc1ccc(CC2=C3C=C(O)C(=O)C=C3CCN2C)c(C(=O)O)c1OC. The molecule has 27 heavy (non-hydrogen) atoms. The van der Waals surface area contributed by atoms with Crippen molar-refractivity contribution in [1.82, 2.24) is 4.90 Å². The van der Waals surface area contributed by atoms with Gasteiger partial charge in [-0.25, -0.2) is 4.79 Å². The minimum Gasteiger partial charge on any atom is -0.504 e. The molecule has 1 aromatic carbocycles. The van der Waals surface area contributed by atoms with E-state index in [9.17, 15) is 19.8 Å². The Morgan fingerprint density at radius 3 is 2.59 bits per heavy atom. The maximum atomic E-state index is 11.9. The summed E-state index contributed by atoms with van der Waals surface area (Å²) in [6, 6.07) is 3.37. The molecule has 1 aromatic rings. The van der Waals surface area contributed by atoms with Gasteiger partial charge in [0.1, 0.15) is 5.56 Å². The Morgan fingerprint density at radius 1 is 1.22 bits per heavy atom. The van der Waals surface area contributed by atoms with E-state index < -0.39 is 11.8 Å². The number of hydrogen-bond acceptors (Lipinski definition) is 6. The third kappa shape index (κ3) is 3.28. The summed E-state index contributed by atoms with van der Waals surface area (Å²) in [4.78, 5) is 25.7. The van der Waals surface area contributed by atoms with Crippen LogP contribution in [0.4, 0.5) is 0 Å². The summed E-state index contributed by atoms with van der Waals surface area (Å²) >= 11 is 0.